The maximum Gasteiger partial charge on any atom is 0.141 e. The van der Waals surface area contributed by atoms with Crippen LogP contribution in [0.2, 0.25) is 0 Å². The molecule has 0 radical (unpaired) electrons. The van der Waals surface area contributed by atoms with Crippen molar-refractivity contribution < 1.29 is 4.74 Å². The van der Waals surface area contributed by atoms with Crippen LogP contribution in [0.1, 0.15) is 43.0 Å². The fourth-order valence-corrected chi connectivity index (χ4v) is 5.10. The molecule has 4 rings (SSSR count). The first-order chi connectivity index (χ1) is 11.3. The molecule has 0 unspecified atom stereocenters. The second-order valence-electron chi connectivity index (χ2n) is 6.84. The number of hydrogen-bond donors (Lipinski definition) is 0. The molecule has 1 saturated heterocycles. The molecule has 0 amide bonds. The maximum atomic E-state index is 5.54. The van der Waals surface area contributed by atoms with Gasteiger partial charge in [-0.2, -0.15) is 0 Å². The van der Waals surface area contributed by atoms with E-state index in [4.69, 9.17) is 14.7 Å². The van der Waals surface area contributed by atoms with Crippen molar-refractivity contribution in [3.63, 3.8) is 0 Å². The predicted molar refractivity (Wildman–Crippen MR) is 95.6 cm³/mol. The van der Waals surface area contributed by atoms with Gasteiger partial charge in [0, 0.05) is 24.4 Å². The minimum Gasteiger partial charge on any atom is -0.378 e. The van der Waals surface area contributed by atoms with Crippen LogP contribution < -0.4 is 4.90 Å². The first kappa shape index (κ1) is 15.3. The van der Waals surface area contributed by atoms with Gasteiger partial charge in [0.25, 0.3) is 0 Å². The van der Waals surface area contributed by atoms with Crippen LogP contribution in [-0.4, -0.2) is 36.3 Å². The first-order valence-corrected chi connectivity index (χ1v) is 9.71. The third-order valence-electron chi connectivity index (χ3n) is 4.97. The van der Waals surface area contributed by atoms with Crippen molar-refractivity contribution in [3.8, 4) is 0 Å². The highest BCUT2D eigenvalue weighted by Gasteiger charge is 2.26. The normalized spacial score (nSPS) is 21.7. The summed E-state index contributed by atoms with van der Waals surface area (Å²) in [5.74, 6) is 2.98. The van der Waals surface area contributed by atoms with E-state index < -0.39 is 0 Å². The Kier molecular flexibility index (Phi) is 4.24. The summed E-state index contributed by atoms with van der Waals surface area (Å²) in [6.45, 7) is 8.06. The summed E-state index contributed by atoms with van der Waals surface area (Å²) in [6, 6.07) is 0. The maximum absolute atomic E-state index is 5.54. The second kappa shape index (κ2) is 6.36. The van der Waals surface area contributed by atoms with Gasteiger partial charge >= 0.3 is 0 Å². The molecular weight excluding hydrogens is 306 g/mol. The summed E-state index contributed by atoms with van der Waals surface area (Å²) in [7, 11) is 0. The quantitative estimate of drug-likeness (QED) is 0.861. The number of nitrogens with zero attached hydrogens (tertiary/aromatic N) is 3. The summed E-state index contributed by atoms with van der Waals surface area (Å²) in [5, 5.41) is 1.35. The van der Waals surface area contributed by atoms with Crippen molar-refractivity contribution in [1.29, 1.82) is 0 Å². The lowest BCUT2D eigenvalue weighted by Crippen LogP contribution is -2.37. The van der Waals surface area contributed by atoms with Crippen molar-refractivity contribution in [2.24, 2.45) is 5.92 Å². The van der Waals surface area contributed by atoms with E-state index >= 15 is 0 Å². The van der Waals surface area contributed by atoms with Gasteiger partial charge in [0.1, 0.15) is 16.5 Å². The van der Waals surface area contributed by atoms with Gasteiger partial charge < -0.3 is 9.64 Å². The summed E-state index contributed by atoms with van der Waals surface area (Å²) in [6.07, 6.45) is 5.74. The molecule has 4 nitrogen and oxygen atoms in total. The van der Waals surface area contributed by atoms with Gasteiger partial charge in [0.2, 0.25) is 0 Å². The predicted octanol–water partition coefficient (Wildman–Crippen LogP) is 3.61. The van der Waals surface area contributed by atoms with Crippen LogP contribution in [0.25, 0.3) is 10.2 Å². The highest BCUT2D eigenvalue weighted by atomic mass is 32.1. The molecule has 23 heavy (non-hydrogen) atoms. The van der Waals surface area contributed by atoms with E-state index in [-0.39, 0.29) is 0 Å². The van der Waals surface area contributed by atoms with E-state index in [1.807, 2.05) is 11.3 Å². The molecule has 2 aromatic heterocycles. The van der Waals surface area contributed by atoms with Gasteiger partial charge in [-0.3, -0.25) is 0 Å². The van der Waals surface area contributed by atoms with Crippen LogP contribution in [-0.2, 0) is 24.0 Å². The summed E-state index contributed by atoms with van der Waals surface area (Å²) < 4.78 is 5.54. The first-order valence-electron chi connectivity index (χ1n) is 8.90. The van der Waals surface area contributed by atoms with Gasteiger partial charge in [0.15, 0.2) is 0 Å². The lowest BCUT2D eigenvalue weighted by Gasteiger charge is -2.29. The van der Waals surface area contributed by atoms with Crippen LogP contribution in [0.4, 0.5) is 5.82 Å². The molecule has 2 aliphatic rings. The minimum atomic E-state index is 0.797. The Labute approximate surface area is 141 Å². The van der Waals surface area contributed by atoms with Gasteiger partial charge in [-0.15, -0.1) is 11.3 Å². The van der Waals surface area contributed by atoms with Crippen LogP contribution in [0, 0.1) is 5.92 Å². The van der Waals surface area contributed by atoms with Gasteiger partial charge in [-0.05, 0) is 37.2 Å². The van der Waals surface area contributed by atoms with E-state index in [0.717, 1.165) is 50.9 Å². The Balaban J connectivity index is 1.86. The number of anilines is 1. The molecule has 3 heterocycles. The molecule has 0 bridgehead atoms. The fourth-order valence-electron chi connectivity index (χ4n) is 3.71. The van der Waals surface area contributed by atoms with Crippen LogP contribution in [0.3, 0.4) is 0 Å². The standard InChI is InChI=1S/C18H25N3OS/c1-3-4-15-19-17(21-7-9-22-10-8-21)16-13-6-5-12(2)11-14(13)23-18(16)20-15/h12H,3-11H2,1-2H3/t12-/m1/s1. The Morgan fingerprint density at radius 3 is 2.87 bits per heavy atom. The molecule has 0 N–H and O–H groups in total. The van der Waals surface area contributed by atoms with Crippen molar-refractivity contribution in [2.45, 2.75) is 46.0 Å². The molecule has 1 aliphatic heterocycles. The molecule has 5 heteroatoms. The lowest BCUT2D eigenvalue weighted by atomic mass is 9.89. The van der Waals surface area contributed by atoms with E-state index in [0.29, 0.717) is 0 Å². The van der Waals surface area contributed by atoms with Gasteiger partial charge in [-0.1, -0.05) is 13.8 Å². The zero-order chi connectivity index (χ0) is 15.8. The largest absolute Gasteiger partial charge is 0.378 e. The summed E-state index contributed by atoms with van der Waals surface area (Å²) in [4.78, 5) is 15.1. The molecule has 124 valence electrons. The lowest BCUT2D eigenvalue weighted by molar-refractivity contribution is 0.122. The molecule has 1 fully saturated rings. The Morgan fingerprint density at radius 1 is 1.26 bits per heavy atom. The highest BCUT2D eigenvalue weighted by molar-refractivity contribution is 7.19. The summed E-state index contributed by atoms with van der Waals surface area (Å²) >= 11 is 1.91. The number of fused-ring (bicyclic) bond motifs is 3. The number of rotatable bonds is 3. The average Bonchev–Trinajstić information content (AvgIpc) is 2.92. The molecule has 1 atom stereocenters. The molecular formula is C18H25N3OS. The van der Waals surface area contributed by atoms with Crippen molar-refractivity contribution in [1.82, 2.24) is 9.97 Å². The van der Waals surface area contributed by atoms with Gasteiger partial charge in [0.05, 0.1) is 18.6 Å². The second-order valence-corrected chi connectivity index (χ2v) is 7.93. The number of morpholine rings is 1. The van der Waals surface area contributed by atoms with Crippen molar-refractivity contribution >= 4 is 27.4 Å². The number of aryl methyl sites for hydroxylation is 2. The van der Waals surface area contributed by atoms with Crippen molar-refractivity contribution in [3.05, 3.63) is 16.3 Å². The number of hydrogen-bond acceptors (Lipinski definition) is 5. The molecule has 1 aliphatic carbocycles. The monoisotopic (exact) mass is 331 g/mol. The fraction of sp³-hybridized carbons (Fsp3) is 0.667. The van der Waals surface area contributed by atoms with Crippen LogP contribution >= 0.6 is 11.3 Å². The van der Waals surface area contributed by atoms with Crippen molar-refractivity contribution in [2.75, 3.05) is 31.2 Å². The molecule has 2 aromatic rings. The zero-order valence-electron chi connectivity index (χ0n) is 14.1. The van der Waals surface area contributed by atoms with Crippen LogP contribution in [0.5, 0.6) is 0 Å². The number of ether oxygens (including phenoxy) is 1. The van der Waals surface area contributed by atoms with Crippen LogP contribution in [0.15, 0.2) is 0 Å². The average molecular weight is 331 g/mol. The van der Waals surface area contributed by atoms with E-state index in [2.05, 4.69) is 18.7 Å². The highest BCUT2D eigenvalue weighted by Crippen LogP contribution is 2.41. The summed E-state index contributed by atoms with van der Waals surface area (Å²) in [5.41, 5.74) is 1.53. The molecule has 0 saturated carbocycles. The Bertz CT molecular complexity index is 706. The van der Waals surface area contributed by atoms with Gasteiger partial charge in [-0.25, -0.2) is 9.97 Å². The third kappa shape index (κ3) is 2.85. The Morgan fingerprint density at radius 2 is 2.09 bits per heavy atom. The Hall–Kier alpha value is -1.20. The number of aromatic nitrogens is 2. The smallest absolute Gasteiger partial charge is 0.141 e. The zero-order valence-corrected chi connectivity index (χ0v) is 14.9. The van der Waals surface area contributed by atoms with E-state index in [1.165, 1.54) is 40.9 Å². The SMILES string of the molecule is CCCc1nc(N2CCOCC2)c2c3c(sc2n1)C[C@H](C)CC3. The molecule has 0 aromatic carbocycles. The topological polar surface area (TPSA) is 38.2 Å². The minimum absolute atomic E-state index is 0.797. The van der Waals surface area contributed by atoms with E-state index in [9.17, 15) is 0 Å². The number of thiophene rings is 1. The van der Waals surface area contributed by atoms with E-state index in [1.54, 1.807) is 4.88 Å². The molecule has 0 spiro atoms. The third-order valence-corrected chi connectivity index (χ3v) is 6.11.